The Labute approximate surface area is 152 Å². The van der Waals surface area contributed by atoms with Crippen molar-refractivity contribution in [1.82, 2.24) is 9.88 Å². The van der Waals surface area contributed by atoms with Gasteiger partial charge in [0, 0.05) is 29.4 Å². The molecule has 1 aliphatic carbocycles. The third-order valence-corrected chi connectivity index (χ3v) is 6.48. The standard InChI is InChI=1S/C20H24N2O2S/c1-15-21-18(12-25-15)11-24-14-20-9-5-8-17(20)10-22(13-20)19(23)16-6-3-2-4-7-16/h2-4,6-7,12,17H,5,8-11,13-14H2,1H3/t17-,20+/m0/s1. The molecule has 0 unspecified atom stereocenters. The van der Waals surface area contributed by atoms with Gasteiger partial charge >= 0.3 is 0 Å². The van der Waals surface area contributed by atoms with Gasteiger partial charge in [-0.05, 0) is 37.8 Å². The van der Waals surface area contributed by atoms with E-state index in [-0.39, 0.29) is 11.3 Å². The fourth-order valence-electron chi connectivity index (χ4n) is 4.40. The summed E-state index contributed by atoms with van der Waals surface area (Å²) in [5, 5.41) is 3.15. The molecule has 4 nitrogen and oxygen atoms in total. The van der Waals surface area contributed by atoms with Crippen molar-refractivity contribution in [3.63, 3.8) is 0 Å². The van der Waals surface area contributed by atoms with Crippen LogP contribution in [0, 0.1) is 18.3 Å². The summed E-state index contributed by atoms with van der Waals surface area (Å²) in [5.74, 6) is 0.724. The topological polar surface area (TPSA) is 42.4 Å². The van der Waals surface area contributed by atoms with E-state index in [4.69, 9.17) is 4.74 Å². The van der Waals surface area contributed by atoms with Gasteiger partial charge in [0.2, 0.25) is 0 Å². The van der Waals surface area contributed by atoms with Gasteiger partial charge in [0.1, 0.15) is 0 Å². The summed E-state index contributed by atoms with van der Waals surface area (Å²) in [6.07, 6.45) is 3.61. The maximum Gasteiger partial charge on any atom is 0.253 e. The van der Waals surface area contributed by atoms with Crippen molar-refractivity contribution in [2.45, 2.75) is 32.8 Å². The van der Waals surface area contributed by atoms with Gasteiger partial charge in [-0.1, -0.05) is 24.6 Å². The van der Waals surface area contributed by atoms with Gasteiger partial charge in [-0.15, -0.1) is 11.3 Å². The Hall–Kier alpha value is -1.72. The molecule has 132 valence electrons. The fraction of sp³-hybridized carbons (Fsp3) is 0.500. The average Bonchev–Trinajstić information content (AvgIpc) is 3.29. The van der Waals surface area contributed by atoms with Crippen LogP contribution in [0.1, 0.15) is 40.3 Å². The van der Waals surface area contributed by atoms with E-state index in [0.29, 0.717) is 12.5 Å². The molecule has 2 aliphatic rings. The molecule has 0 bridgehead atoms. The van der Waals surface area contributed by atoms with Crippen molar-refractivity contribution in [1.29, 1.82) is 0 Å². The third kappa shape index (κ3) is 3.35. The van der Waals surface area contributed by atoms with Crippen molar-refractivity contribution >= 4 is 17.2 Å². The van der Waals surface area contributed by atoms with Crippen LogP contribution in [-0.4, -0.2) is 35.5 Å². The van der Waals surface area contributed by atoms with Gasteiger partial charge in [0.15, 0.2) is 0 Å². The second kappa shape index (κ2) is 6.89. The summed E-state index contributed by atoms with van der Waals surface area (Å²) in [4.78, 5) is 19.3. The molecule has 2 fully saturated rings. The van der Waals surface area contributed by atoms with E-state index in [9.17, 15) is 4.79 Å². The number of ether oxygens (including phenoxy) is 1. The lowest BCUT2D eigenvalue weighted by Gasteiger charge is -2.28. The monoisotopic (exact) mass is 356 g/mol. The minimum atomic E-state index is 0.134. The maximum absolute atomic E-state index is 12.8. The second-order valence-electron chi connectivity index (χ2n) is 7.35. The van der Waals surface area contributed by atoms with Gasteiger partial charge in [-0.2, -0.15) is 0 Å². The van der Waals surface area contributed by atoms with Crippen LogP contribution in [0.25, 0.3) is 0 Å². The lowest BCUT2D eigenvalue weighted by molar-refractivity contribution is 0.0254. The molecular formula is C20H24N2O2S. The van der Waals surface area contributed by atoms with Crippen molar-refractivity contribution in [3.05, 3.63) is 52.0 Å². The smallest absolute Gasteiger partial charge is 0.253 e. The minimum Gasteiger partial charge on any atom is -0.374 e. The number of carbonyl (C=O) groups is 1. The molecule has 1 aromatic carbocycles. The first-order chi connectivity index (χ1) is 12.2. The summed E-state index contributed by atoms with van der Waals surface area (Å²) in [7, 11) is 0. The van der Waals surface area contributed by atoms with Crippen LogP contribution in [0.4, 0.5) is 0 Å². The highest BCUT2D eigenvalue weighted by atomic mass is 32.1. The zero-order chi connectivity index (χ0) is 17.3. The Morgan fingerprint density at radius 1 is 1.40 bits per heavy atom. The summed E-state index contributed by atoms with van der Waals surface area (Å²) >= 11 is 1.66. The first kappa shape index (κ1) is 16.7. The summed E-state index contributed by atoms with van der Waals surface area (Å²) in [6.45, 7) is 5.01. The summed E-state index contributed by atoms with van der Waals surface area (Å²) in [6, 6.07) is 9.62. The maximum atomic E-state index is 12.8. The zero-order valence-electron chi connectivity index (χ0n) is 14.6. The number of aryl methyl sites for hydroxylation is 1. The number of hydrogen-bond donors (Lipinski definition) is 0. The van der Waals surface area contributed by atoms with Crippen molar-refractivity contribution in [2.24, 2.45) is 11.3 Å². The number of fused-ring (bicyclic) bond motifs is 1. The van der Waals surface area contributed by atoms with Gasteiger partial charge in [0.25, 0.3) is 5.91 Å². The molecule has 0 N–H and O–H groups in total. The van der Waals surface area contributed by atoms with Crippen LogP contribution >= 0.6 is 11.3 Å². The fourth-order valence-corrected chi connectivity index (χ4v) is 5.00. The van der Waals surface area contributed by atoms with E-state index in [1.807, 2.05) is 42.2 Å². The van der Waals surface area contributed by atoms with E-state index in [0.717, 1.165) is 42.4 Å². The SMILES string of the molecule is Cc1nc(COC[C@]23CCC[C@H]2CN(C(=O)c2ccccc2)C3)cs1. The van der Waals surface area contributed by atoms with Gasteiger partial charge < -0.3 is 9.64 Å². The average molecular weight is 356 g/mol. The molecule has 2 atom stereocenters. The van der Waals surface area contributed by atoms with Crippen LogP contribution in [0.15, 0.2) is 35.7 Å². The van der Waals surface area contributed by atoms with E-state index < -0.39 is 0 Å². The number of benzene rings is 1. The molecule has 25 heavy (non-hydrogen) atoms. The van der Waals surface area contributed by atoms with Gasteiger partial charge in [-0.3, -0.25) is 4.79 Å². The summed E-state index contributed by atoms with van der Waals surface area (Å²) < 4.78 is 6.06. The summed E-state index contributed by atoms with van der Waals surface area (Å²) in [5.41, 5.74) is 1.94. The van der Waals surface area contributed by atoms with Crippen LogP contribution in [0.5, 0.6) is 0 Å². The quantitative estimate of drug-likeness (QED) is 0.816. The number of carbonyl (C=O) groups excluding carboxylic acids is 1. The first-order valence-electron chi connectivity index (χ1n) is 8.99. The second-order valence-corrected chi connectivity index (χ2v) is 8.42. The number of likely N-dealkylation sites (tertiary alicyclic amines) is 1. The molecule has 0 spiro atoms. The Bertz CT molecular complexity index is 745. The minimum absolute atomic E-state index is 0.134. The Kier molecular flexibility index (Phi) is 4.61. The lowest BCUT2D eigenvalue weighted by Crippen LogP contribution is -2.34. The van der Waals surface area contributed by atoms with Gasteiger partial charge in [-0.25, -0.2) is 4.98 Å². The molecule has 5 heteroatoms. The van der Waals surface area contributed by atoms with E-state index in [1.54, 1.807) is 11.3 Å². The van der Waals surface area contributed by atoms with E-state index in [1.165, 1.54) is 12.8 Å². The van der Waals surface area contributed by atoms with Crippen molar-refractivity contribution in [2.75, 3.05) is 19.7 Å². The number of aromatic nitrogens is 1. The highest BCUT2D eigenvalue weighted by Crippen LogP contribution is 2.49. The van der Waals surface area contributed by atoms with Crippen LogP contribution < -0.4 is 0 Å². The molecule has 1 aliphatic heterocycles. The Morgan fingerprint density at radius 3 is 3.00 bits per heavy atom. The third-order valence-electron chi connectivity index (χ3n) is 5.65. The largest absolute Gasteiger partial charge is 0.374 e. The lowest BCUT2D eigenvalue weighted by atomic mass is 9.81. The van der Waals surface area contributed by atoms with Crippen molar-refractivity contribution in [3.8, 4) is 0 Å². The molecular weight excluding hydrogens is 332 g/mol. The Balaban J connectivity index is 1.41. The van der Waals surface area contributed by atoms with E-state index >= 15 is 0 Å². The molecule has 1 saturated carbocycles. The predicted octanol–water partition coefficient (Wildman–Crippen LogP) is 3.91. The van der Waals surface area contributed by atoms with Crippen LogP contribution in [0.3, 0.4) is 0 Å². The van der Waals surface area contributed by atoms with Crippen molar-refractivity contribution < 1.29 is 9.53 Å². The molecule has 4 rings (SSSR count). The number of nitrogens with zero attached hydrogens (tertiary/aromatic N) is 2. The van der Waals surface area contributed by atoms with Gasteiger partial charge in [0.05, 0.1) is 23.9 Å². The molecule has 0 radical (unpaired) electrons. The molecule has 2 heterocycles. The zero-order valence-corrected chi connectivity index (χ0v) is 15.4. The number of hydrogen-bond acceptors (Lipinski definition) is 4. The normalized spacial score (nSPS) is 25.3. The molecule has 1 saturated heterocycles. The molecule has 1 aromatic heterocycles. The number of rotatable bonds is 5. The highest BCUT2D eigenvalue weighted by Gasteiger charge is 2.50. The van der Waals surface area contributed by atoms with Crippen LogP contribution in [-0.2, 0) is 11.3 Å². The Morgan fingerprint density at radius 2 is 2.24 bits per heavy atom. The predicted molar refractivity (Wildman–Crippen MR) is 98.6 cm³/mol. The van der Waals surface area contributed by atoms with E-state index in [2.05, 4.69) is 10.4 Å². The molecule has 1 amide bonds. The molecule has 2 aromatic rings. The number of thiazole rings is 1. The first-order valence-corrected chi connectivity index (χ1v) is 9.87. The number of amides is 1. The van der Waals surface area contributed by atoms with Crippen LogP contribution in [0.2, 0.25) is 0 Å². The highest BCUT2D eigenvalue weighted by molar-refractivity contribution is 7.09.